The van der Waals surface area contributed by atoms with E-state index in [4.69, 9.17) is 4.74 Å². The van der Waals surface area contributed by atoms with Crippen molar-refractivity contribution in [2.45, 2.75) is 6.04 Å². The summed E-state index contributed by atoms with van der Waals surface area (Å²) in [5.74, 6) is -0.227. The van der Waals surface area contributed by atoms with Crippen LogP contribution in [0.1, 0.15) is 11.6 Å². The number of ether oxygens (including phenoxy) is 1. The summed E-state index contributed by atoms with van der Waals surface area (Å²) in [5.41, 5.74) is 0.865. The van der Waals surface area contributed by atoms with Gasteiger partial charge in [0.15, 0.2) is 6.40 Å². The minimum atomic E-state index is -0.227. The quantitative estimate of drug-likeness (QED) is 0.623. The molecule has 0 aliphatic carbocycles. The van der Waals surface area contributed by atoms with Crippen LogP contribution in [0, 0.1) is 5.82 Å². The molecule has 1 aromatic rings. The third-order valence-electron chi connectivity index (χ3n) is 1.80. The first kappa shape index (κ1) is 7.28. The van der Waals surface area contributed by atoms with E-state index >= 15 is 0 Å². The van der Waals surface area contributed by atoms with Crippen molar-refractivity contribution < 1.29 is 9.13 Å². The van der Waals surface area contributed by atoms with Crippen molar-refractivity contribution in [1.82, 2.24) is 0 Å². The van der Waals surface area contributed by atoms with Gasteiger partial charge in [-0.15, -0.1) is 0 Å². The van der Waals surface area contributed by atoms with E-state index < -0.39 is 0 Å². The number of halogens is 1. The first-order valence-corrected chi connectivity index (χ1v) is 3.75. The number of benzene rings is 1. The molecule has 62 valence electrons. The van der Waals surface area contributed by atoms with Gasteiger partial charge < -0.3 is 4.74 Å². The Morgan fingerprint density at radius 2 is 2.42 bits per heavy atom. The fourth-order valence-corrected chi connectivity index (χ4v) is 1.19. The van der Waals surface area contributed by atoms with E-state index in [0.29, 0.717) is 6.61 Å². The molecule has 0 saturated heterocycles. The standard InChI is InChI=1S/C9H8FNO/c10-8-3-1-2-7(4-8)9-5-12-6-11-9/h1-4,6,9H,5H2. The Balaban J connectivity index is 2.27. The highest BCUT2D eigenvalue weighted by molar-refractivity contribution is 5.50. The summed E-state index contributed by atoms with van der Waals surface area (Å²) in [6.45, 7) is 0.517. The van der Waals surface area contributed by atoms with Gasteiger partial charge in [-0.3, -0.25) is 0 Å². The molecule has 1 aromatic carbocycles. The zero-order chi connectivity index (χ0) is 8.39. The maximum absolute atomic E-state index is 12.7. The molecular formula is C9H8FNO. The number of hydrogen-bond donors (Lipinski definition) is 0. The fourth-order valence-electron chi connectivity index (χ4n) is 1.19. The van der Waals surface area contributed by atoms with Crippen LogP contribution in [0.3, 0.4) is 0 Å². The Morgan fingerprint density at radius 1 is 1.50 bits per heavy atom. The number of rotatable bonds is 1. The van der Waals surface area contributed by atoms with E-state index in [0.717, 1.165) is 5.56 Å². The molecule has 12 heavy (non-hydrogen) atoms. The molecular weight excluding hydrogens is 157 g/mol. The lowest BCUT2D eigenvalue weighted by Gasteiger charge is -2.04. The van der Waals surface area contributed by atoms with Crippen molar-refractivity contribution in [3.8, 4) is 0 Å². The monoisotopic (exact) mass is 165 g/mol. The number of aliphatic imine (C=N–C) groups is 1. The van der Waals surface area contributed by atoms with Crippen LogP contribution in [-0.2, 0) is 4.74 Å². The Kier molecular flexibility index (Phi) is 1.78. The van der Waals surface area contributed by atoms with Crippen LogP contribution in [0.5, 0.6) is 0 Å². The Hall–Kier alpha value is -1.38. The molecule has 0 spiro atoms. The molecule has 2 nitrogen and oxygen atoms in total. The normalized spacial score (nSPS) is 20.9. The SMILES string of the molecule is Fc1cccc(C2COC=N2)c1. The maximum atomic E-state index is 12.7. The molecule has 0 amide bonds. The Morgan fingerprint density at radius 3 is 3.08 bits per heavy atom. The van der Waals surface area contributed by atoms with E-state index in [1.54, 1.807) is 6.07 Å². The van der Waals surface area contributed by atoms with Crippen LogP contribution in [0.25, 0.3) is 0 Å². The molecule has 1 aliphatic rings. The Labute approximate surface area is 69.7 Å². The summed E-state index contributed by atoms with van der Waals surface area (Å²) < 4.78 is 17.7. The van der Waals surface area contributed by atoms with Crippen molar-refractivity contribution >= 4 is 6.40 Å². The molecule has 1 unspecified atom stereocenters. The molecule has 1 atom stereocenters. The largest absolute Gasteiger partial charge is 0.481 e. The molecule has 0 bridgehead atoms. The van der Waals surface area contributed by atoms with Crippen LogP contribution < -0.4 is 0 Å². The summed E-state index contributed by atoms with van der Waals surface area (Å²) in [5, 5.41) is 0. The van der Waals surface area contributed by atoms with E-state index in [1.165, 1.54) is 18.5 Å². The molecule has 0 aromatic heterocycles. The lowest BCUT2D eigenvalue weighted by molar-refractivity contribution is 0.330. The zero-order valence-corrected chi connectivity index (χ0v) is 6.40. The van der Waals surface area contributed by atoms with E-state index in [1.807, 2.05) is 6.07 Å². The fraction of sp³-hybridized carbons (Fsp3) is 0.222. The second-order valence-corrected chi connectivity index (χ2v) is 2.66. The average molecular weight is 165 g/mol. The first-order valence-electron chi connectivity index (χ1n) is 3.75. The van der Waals surface area contributed by atoms with Crippen LogP contribution in [0.15, 0.2) is 29.3 Å². The van der Waals surface area contributed by atoms with Gasteiger partial charge in [-0.1, -0.05) is 12.1 Å². The van der Waals surface area contributed by atoms with Crippen molar-refractivity contribution in [3.63, 3.8) is 0 Å². The molecule has 1 heterocycles. The predicted octanol–water partition coefficient (Wildman–Crippen LogP) is 1.93. The summed E-state index contributed by atoms with van der Waals surface area (Å²) in [4.78, 5) is 4.03. The highest BCUT2D eigenvalue weighted by Crippen LogP contribution is 2.20. The van der Waals surface area contributed by atoms with Gasteiger partial charge in [-0.2, -0.15) is 0 Å². The molecule has 1 aliphatic heterocycles. The van der Waals surface area contributed by atoms with Crippen molar-refractivity contribution in [2.75, 3.05) is 6.61 Å². The first-order chi connectivity index (χ1) is 5.86. The predicted molar refractivity (Wildman–Crippen MR) is 43.6 cm³/mol. The van der Waals surface area contributed by atoms with Crippen molar-refractivity contribution in [1.29, 1.82) is 0 Å². The lowest BCUT2D eigenvalue weighted by atomic mass is 10.1. The van der Waals surface area contributed by atoms with Gasteiger partial charge in [0, 0.05) is 0 Å². The van der Waals surface area contributed by atoms with Gasteiger partial charge in [0.2, 0.25) is 0 Å². The van der Waals surface area contributed by atoms with E-state index in [2.05, 4.69) is 4.99 Å². The number of nitrogens with zero attached hydrogens (tertiary/aromatic N) is 1. The molecule has 3 heteroatoms. The molecule has 2 rings (SSSR count). The second kappa shape index (κ2) is 2.93. The van der Waals surface area contributed by atoms with Gasteiger partial charge in [0.25, 0.3) is 0 Å². The van der Waals surface area contributed by atoms with Crippen LogP contribution >= 0.6 is 0 Å². The summed E-state index contributed by atoms with van der Waals surface area (Å²) in [6, 6.07) is 6.40. The smallest absolute Gasteiger partial charge is 0.170 e. The van der Waals surface area contributed by atoms with Crippen molar-refractivity contribution in [3.05, 3.63) is 35.6 Å². The third kappa shape index (κ3) is 1.30. The molecule has 0 fully saturated rings. The summed E-state index contributed by atoms with van der Waals surface area (Å²) in [7, 11) is 0. The summed E-state index contributed by atoms with van der Waals surface area (Å²) in [6.07, 6.45) is 1.41. The molecule has 0 radical (unpaired) electrons. The van der Waals surface area contributed by atoms with Crippen LogP contribution in [0.2, 0.25) is 0 Å². The van der Waals surface area contributed by atoms with Gasteiger partial charge in [-0.25, -0.2) is 9.38 Å². The van der Waals surface area contributed by atoms with Gasteiger partial charge >= 0.3 is 0 Å². The molecule has 0 N–H and O–H groups in total. The minimum Gasteiger partial charge on any atom is -0.481 e. The summed E-state index contributed by atoms with van der Waals surface area (Å²) >= 11 is 0. The lowest BCUT2D eigenvalue weighted by Crippen LogP contribution is -1.97. The van der Waals surface area contributed by atoms with Crippen LogP contribution in [0.4, 0.5) is 4.39 Å². The van der Waals surface area contributed by atoms with E-state index in [-0.39, 0.29) is 11.9 Å². The maximum Gasteiger partial charge on any atom is 0.170 e. The van der Waals surface area contributed by atoms with E-state index in [9.17, 15) is 4.39 Å². The van der Waals surface area contributed by atoms with Gasteiger partial charge in [0.1, 0.15) is 18.5 Å². The molecule has 0 saturated carbocycles. The number of hydrogen-bond acceptors (Lipinski definition) is 2. The zero-order valence-electron chi connectivity index (χ0n) is 6.40. The van der Waals surface area contributed by atoms with Crippen LogP contribution in [-0.4, -0.2) is 13.0 Å². The highest BCUT2D eigenvalue weighted by atomic mass is 19.1. The average Bonchev–Trinajstić information content (AvgIpc) is 2.56. The second-order valence-electron chi connectivity index (χ2n) is 2.66. The van der Waals surface area contributed by atoms with Crippen molar-refractivity contribution in [2.24, 2.45) is 4.99 Å². The topological polar surface area (TPSA) is 21.6 Å². The highest BCUT2D eigenvalue weighted by Gasteiger charge is 2.13. The van der Waals surface area contributed by atoms with Gasteiger partial charge in [-0.05, 0) is 17.7 Å². The third-order valence-corrected chi connectivity index (χ3v) is 1.80. The van der Waals surface area contributed by atoms with Gasteiger partial charge in [0.05, 0.1) is 0 Å². The Bertz CT molecular complexity index is 311. The minimum absolute atomic E-state index is 0.0271.